The van der Waals surface area contributed by atoms with E-state index >= 15 is 0 Å². The summed E-state index contributed by atoms with van der Waals surface area (Å²) < 4.78 is 5.36. The molecule has 0 radical (unpaired) electrons. The molecule has 0 bridgehead atoms. The second kappa shape index (κ2) is 3.96. The third kappa shape index (κ3) is 2.08. The number of hydrogen-bond acceptors (Lipinski definition) is 4. The number of rotatable bonds is 3. The van der Waals surface area contributed by atoms with Gasteiger partial charge in [-0.3, -0.25) is 4.79 Å². The predicted octanol–water partition coefficient (Wildman–Crippen LogP) is 2.98. The van der Waals surface area contributed by atoms with Crippen LogP contribution < -0.4 is 0 Å². The largest absolute Gasteiger partial charge is 0.414 e. The summed E-state index contributed by atoms with van der Waals surface area (Å²) >= 11 is 5.78. The highest BCUT2D eigenvalue weighted by Crippen LogP contribution is 2.32. The number of ketones is 1. The van der Waals surface area contributed by atoms with E-state index in [0.29, 0.717) is 10.9 Å². The zero-order valence-electron chi connectivity index (χ0n) is 8.89. The van der Waals surface area contributed by atoms with Gasteiger partial charge in [0, 0.05) is 16.5 Å². The van der Waals surface area contributed by atoms with Crippen LogP contribution in [0.15, 0.2) is 28.7 Å². The van der Waals surface area contributed by atoms with E-state index in [1.54, 1.807) is 24.3 Å². The lowest BCUT2D eigenvalue weighted by Gasteiger charge is -1.94. The van der Waals surface area contributed by atoms with Crippen molar-refractivity contribution < 1.29 is 9.21 Å². The minimum absolute atomic E-state index is 0.0438. The van der Waals surface area contributed by atoms with E-state index in [1.807, 2.05) is 0 Å². The van der Waals surface area contributed by atoms with Crippen LogP contribution in [-0.2, 0) is 0 Å². The summed E-state index contributed by atoms with van der Waals surface area (Å²) in [4.78, 5) is 11.7. The molecule has 86 valence electrons. The molecule has 17 heavy (non-hydrogen) atoms. The minimum atomic E-state index is -0.0438. The molecule has 1 aromatic carbocycles. The maximum absolute atomic E-state index is 11.7. The standard InChI is InChI=1S/C12H9ClN2O2/c13-9-5-3-8(4-6-9)11-14-15-12(17-11)10(16)7-1-2-7/h3-7H,1-2H2. The van der Waals surface area contributed by atoms with Crippen LogP contribution >= 0.6 is 11.6 Å². The number of Topliss-reactive ketones (excluding diaryl/α,β-unsaturated/α-hetero) is 1. The van der Waals surface area contributed by atoms with Gasteiger partial charge in [-0.1, -0.05) is 11.6 Å². The molecule has 0 N–H and O–H groups in total. The van der Waals surface area contributed by atoms with E-state index < -0.39 is 0 Å². The lowest BCUT2D eigenvalue weighted by atomic mass is 10.2. The van der Waals surface area contributed by atoms with Crippen LogP contribution in [0.2, 0.25) is 5.02 Å². The van der Waals surface area contributed by atoms with E-state index in [0.717, 1.165) is 18.4 Å². The zero-order valence-corrected chi connectivity index (χ0v) is 9.65. The first kappa shape index (κ1) is 10.5. The molecule has 0 aliphatic heterocycles. The molecule has 1 fully saturated rings. The van der Waals surface area contributed by atoms with Gasteiger partial charge in [-0.15, -0.1) is 10.2 Å². The van der Waals surface area contributed by atoms with Gasteiger partial charge < -0.3 is 4.42 Å². The first-order valence-electron chi connectivity index (χ1n) is 5.38. The van der Waals surface area contributed by atoms with Crippen molar-refractivity contribution in [1.29, 1.82) is 0 Å². The second-order valence-electron chi connectivity index (χ2n) is 4.06. The molecule has 1 aliphatic carbocycles. The third-order valence-corrected chi connectivity index (χ3v) is 2.93. The van der Waals surface area contributed by atoms with E-state index in [2.05, 4.69) is 10.2 Å². The van der Waals surface area contributed by atoms with E-state index in [4.69, 9.17) is 16.0 Å². The molecule has 0 unspecified atom stereocenters. The molecule has 0 spiro atoms. The van der Waals surface area contributed by atoms with Crippen molar-refractivity contribution in [2.45, 2.75) is 12.8 Å². The maximum atomic E-state index is 11.7. The van der Waals surface area contributed by atoms with E-state index in [-0.39, 0.29) is 17.6 Å². The van der Waals surface area contributed by atoms with Crippen molar-refractivity contribution in [3.63, 3.8) is 0 Å². The fourth-order valence-corrected chi connectivity index (χ4v) is 1.68. The van der Waals surface area contributed by atoms with Crippen LogP contribution in [-0.4, -0.2) is 16.0 Å². The Hall–Kier alpha value is -1.68. The SMILES string of the molecule is O=C(c1nnc(-c2ccc(Cl)cc2)o1)C1CC1. The van der Waals surface area contributed by atoms with Crippen molar-refractivity contribution in [2.24, 2.45) is 5.92 Å². The van der Waals surface area contributed by atoms with Gasteiger partial charge in [0.25, 0.3) is 5.89 Å². The molecule has 0 amide bonds. The lowest BCUT2D eigenvalue weighted by molar-refractivity contribution is 0.0934. The van der Waals surface area contributed by atoms with E-state index in [9.17, 15) is 4.79 Å². The Morgan fingerprint density at radius 1 is 1.24 bits per heavy atom. The fraction of sp³-hybridized carbons (Fsp3) is 0.250. The predicted molar refractivity (Wildman–Crippen MR) is 61.8 cm³/mol. The molecular weight excluding hydrogens is 240 g/mol. The molecule has 1 aromatic heterocycles. The summed E-state index contributed by atoms with van der Waals surface area (Å²) in [5.74, 6) is 0.509. The molecule has 4 nitrogen and oxygen atoms in total. The van der Waals surface area contributed by atoms with Crippen LogP contribution in [0.3, 0.4) is 0 Å². The van der Waals surface area contributed by atoms with Crippen LogP contribution in [0, 0.1) is 5.92 Å². The average Bonchev–Trinajstić information content (AvgIpc) is 3.07. The van der Waals surface area contributed by atoms with Crippen LogP contribution in [0.4, 0.5) is 0 Å². The molecule has 1 saturated carbocycles. The number of halogens is 1. The summed E-state index contributed by atoms with van der Waals surface area (Å²) in [5, 5.41) is 8.28. The fourth-order valence-electron chi connectivity index (χ4n) is 1.55. The highest BCUT2D eigenvalue weighted by Gasteiger charge is 2.34. The summed E-state index contributed by atoms with van der Waals surface area (Å²) in [6.07, 6.45) is 1.86. The van der Waals surface area contributed by atoms with Gasteiger partial charge >= 0.3 is 0 Å². The molecule has 0 atom stereocenters. The lowest BCUT2D eigenvalue weighted by Crippen LogP contribution is -2.01. The number of carbonyl (C=O) groups excluding carboxylic acids is 1. The minimum Gasteiger partial charge on any atom is -0.414 e. The van der Waals surface area contributed by atoms with Crippen molar-refractivity contribution in [1.82, 2.24) is 10.2 Å². The normalized spacial score (nSPS) is 14.9. The van der Waals surface area contributed by atoms with Gasteiger partial charge in [0.2, 0.25) is 11.7 Å². The Bertz CT molecular complexity index is 558. The highest BCUT2D eigenvalue weighted by atomic mass is 35.5. The van der Waals surface area contributed by atoms with Gasteiger partial charge in [-0.2, -0.15) is 0 Å². The number of hydrogen-bond donors (Lipinski definition) is 0. The molecule has 0 saturated heterocycles. The van der Waals surface area contributed by atoms with Gasteiger partial charge in [0.15, 0.2) is 0 Å². The molecule has 1 aliphatic rings. The summed E-state index contributed by atoms with van der Waals surface area (Å²) in [5.41, 5.74) is 0.761. The highest BCUT2D eigenvalue weighted by molar-refractivity contribution is 6.30. The Morgan fingerprint density at radius 3 is 2.59 bits per heavy atom. The Labute approximate surface area is 103 Å². The topological polar surface area (TPSA) is 56.0 Å². The first-order valence-corrected chi connectivity index (χ1v) is 5.75. The van der Waals surface area contributed by atoms with Gasteiger partial charge in [0.05, 0.1) is 0 Å². The molecule has 1 heterocycles. The third-order valence-electron chi connectivity index (χ3n) is 2.68. The second-order valence-corrected chi connectivity index (χ2v) is 4.49. The van der Waals surface area contributed by atoms with Gasteiger partial charge in [-0.05, 0) is 37.1 Å². The molecular formula is C12H9ClN2O2. The van der Waals surface area contributed by atoms with Gasteiger partial charge in [-0.25, -0.2) is 0 Å². The Morgan fingerprint density at radius 2 is 1.94 bits per heavy atom. The van der Waals surface area contributed by atoms with Crippen molar-refractivity contribution in [3.05, 3.63) is 35.2 Å². The summed E-state index contributed by atoms with van der Waals surface area (Å²) in [6, 6.07) is 7.04. The number of aromatic nitrogens is 2. The zero-order chi connectivity index (χ0) is 11.8. The number of carbonyl (C=O) groups is 1. The summed E-state index contributed by atoms with van der Waals surface area (Å²) in [6.45, 7) is 0. The maximum Gasteiger partial charge on any atom is 0.284 e. The quantitative estimate of drug-likeness (QED) is 0.784. The van der Waals surface area contributed by atoms with Crippen LogP contribution in [0.5, 0.6) is 0 Å². The Balaban J connectivity index is 1.88. The molecule has 3 rings (SSSR count). The smallest absolute Gasteiger partial charge is 0.284 e. The van der Waals surface area contributed by atoms with Crippen molar-refractivity contribution >= 4 is 17.4 Å². The number of nitrogens with zero attached hydrogens (tertiary/aromatic N) is 2. The summed E-state index contributed by atoms with van der Waals surface area (Å²) in [7, 11) is 0. The average molecular weight is 249 g/mol. The van der Waals surface area contributed by atoms with Crippen molar-refractivity contribution in [2.75, 3.05) is 0 Å². The molecule has 2 aromatic rings. The van der Waals surface area contributed by atoms with Crippen LogP contribution in [0.1, 0.15) is 23.5 Å². The Kier molecular flexibility index (Phi) is 2.44. The monoisotopic (exact) mass is 248 g/mol. The van der Waals surface area contributed by atoms with Gasteiger partial charge in [0.1, 0.15) is 0 Å². The van der Waals surface area contributed by atoms with Crippen LogP contribution in [0.25, 0.3) is 11.5 Å². The van der Waals surface area contributed by atoms with Crippen molar-refractivity contribution in [3.8, 4) is 11.5 Å². The molecule has 5 heteroatoms. The number of benzene rings is 1. The first-order chi connectivity index (χ1) is 8.24. The van der Waals surface area contributed by atoms with E-state index in [1.165, 1.54) is 0 Å².